The smallest absolute Gasteiger partial charge is 0.124 e. The summed E-state index contributed by atoms with van der Waals surface area (Å²) in [6, 6.07) is 4.45. The third kappa shape index (κ3) is 4.62. The molecule has 2 nitrogen and oxygen atoms in total. The first-order valence-electron chi connectivity index (χ1n) is 5.91. The van der Waals surface area contributed by atoms with E-state index in [1.54, 1.807) is 6.07 Å². The summed E-state index contributed by atoms with van der Waals surface area (Å²) in [5, 5.41) is 13.1. The van der Waals surface area contributed by atoms with E-state index in [9.17, 15) is 9.50 Å². The van der Waals surface area contributed by atoms with Crippen LogP contribution >= 0.6 is 11.6 Å². The lowest BCUT2D eigenvalue weighted by Gasteiger charge is -2.16. The highest BCUT2D eigenvalue weighted by Gasteiger charge is 2.10. The molecule has 0 aliphatic carbocycles. The lowest BCUT2D eigenvalue weighted by molar-refractivity contribution is 0.159. The molecule has 4 heteroatoms. The molecule has 2 N–H and O–H groups in total. The Kier molecular flexibility index (Phi) is 5.89. The highest BCUT2D eigenvalue weighted by molar-refractivity contribution is 6.31. The first kappa shape index (κ1) is 14.4. The maximum atomic E-state index is 12.9. The third-order valence-corrected chi connectivity index (χ3v) is 3.16. The minimum absolute atomic E-state index is 0.0483. The molecule has 0 aliphatic rings. The van der Waals surface area contributed by atoms with Crippen molar-refractivity contribution in [2.75, 3.05) is 6.54 Å². The van der Waals surface area contributed by atoms with Crippen molar-refractivity contribution in [3.8, 4) is 0 Å². The zero-order valence-electron chi connectivity index (χ0n) is 10.2. The van der Waals surface area contributed by atoms with Gasteiger partial charge in [-0.05, 0) is 44.0 Å². The van der Waals surface area contributed by atoms with E-state index in [0.29, 0.717) is 18.0 Å². The molecule has 2 atom stereocenters. The molecule has 0 bridgehead atoms. The summed E-state index contributed by atoms with van der Waals surface area (Å²) < 4.78 is 12.9. The molecule has 96 valence electrons. The fourth-order valence-corrected chi connectivity index (χ4v) is 1.96. The first-order chi connectivity index (χ1) is 8.04. The van der Waals surface area contributed by atoms with Crippen LogP contribution in [0.1, 0.15) is 38.3 Å². The molecule has 1 rings (SSSR count). The van der Waals surface area contributed by atoms with Gasteiger partial charge in [-0.15, -0.1) is 0 Å². The van der Waals surface area contributed by atoms with E-state index in [-0.39, 0.29) is 18.0 Å². The van der Waals surface area contributed by atoms with Gasteiger partial charge < -0.3 is 10.4 Å². The second kappa shape index (κ2) is 6.94. The molecular weight excluding hydrogens is 241 g/mol. The highest BCUT2D eigenvalue weighted by atomic mass is 35.5. The van der Waals surface area contributed by atoms with Crippen molar-refractivity contribution in [3.63, 3.8) is 0 Å². The number of aliphatic hydroxyl groups is 1. The Morgan fingerprint density at radius 3 is 2.76 bits per heavy atom. The van der Waals surface area contributed by atoms with Crippen LogP contribution in [-0.4, -0.2) is 17.8 Å². The predicted molar refractivity (Wildman–Crippen MR) is 68.7 cm³/mol. The van der Waals surface area contributed by atoms with E-state index in [4.69, 9.17) is 11.6 Å². The van der Waals surface area contributed by atoms with Gasteiger partial charge in [-0.2, -0.15) is 0 Å². The molecule has 0 heterocycles. The monoisotopic (exact) mass is 259 g/mol. The van der Waals surface area contributed by atoms with E-state index >= 15 is 0 Å². The Bertz CT molecular complexity index is 359. The molecule has 0 saturated heterocycles. The zero-order chi connectivity index (χ0) is 12.8. The Labute approximate surface area is 107 Å². The lowest BCUT2D eigenvalue weighted by Crippen LogP contribution is -2.23. The summed E-state index contributed by atoms with van der Waals surface area (Å²) in [7, 11) is 0. The molecule has 0 spiro atoms. The topological polar surface area (TPSA) is 32.3 Å². The van der Waals surface area contributed by atoms with Crippen LogP contribution in [0.3, 0.4) is 0 Å². The van der Waals surface area contributed by atoms with Crippen molar-refractivity contribution in [1.29, 1.82) is 0 Å². The van der Waals surface area contributed by atoms with Gasteiger partial charge in [0, 0.05) is 11.1 Å². The minimum Gasteiger partial charge on any atom is -0.393 e. The molecule has 2 unspecified atom stereocenters. The Morgan fingerprint density at radius 1 is 1.47 bits per heavy atom. The van der Waals surface area contributed by atoms with Crippen LogP contribution in [-0.2, 0) is 0 Å². The van der Waals surface area contributed by atoms with Crippen LogP contribution in [0, 0.1) is 5.82 Å². The largest absolute Gasteiger partial charge is 0.393 e. The van der Waals surface area contributed by atoms with Gasteiger partial charge in [-0.3, -0.25) is 0 Å². The Morgan fingerprint density at radius 2 is 2.18 bits per heavy atom. The van der Waals surface area contributed by atoms with Crippen molar-refractivity contribution in [1.82, 2.24) is 5.32 Å². The number of nitrogens with one attached hydrogen (secondary N) is 1. The Balaban J connectivity index is 2.49. The van der Waals surface area contributed by atoms with Crippen LogP contribution in [0.4, 0.5) is 4.39 Å². The first-order valence-corrected chi connectivity index (χ1v) is 6.28. The molecule has 0 fully saturated rings. The van der Waals surface area contributed by atoms with Crippen molar-refractivity contribution in [3.05, 3.63) is 34.6 Å². The van der Waals surface area contributed by atoms with Gasteiger partial charge in [0.15, 0.2) is 0 Å². The molecule has 1 aromatic carbocycles. The second-order valence-corrected chi connectivity index (χ2v) is 4.60. The van der Waals surface area contributed by atoms with Gasteiger partial charge >= 0.3 is 0 Å². The van der Waals surface area contributed by atoms with Crippen LogP contribution in [0.2, 0.25) is 5.02 Å². The molecule has 0 radical (unpaired) electrons. The summed E-state index contributed by atoms with van der Waals surface area (Å²) in [5.74, 6) is -0.327. The van der Waals surface area contributed by atoms with Gasteiger partial charge in [0.1, 0.15) is 5.82 Å². The fraction of sp³-hybridized carbons (Fsp3) is 0.538. The van der Waals surface area contributed by atoms with Crippen LogP contribution < -0.4 is 5.32 Å². The molecule has 0 saturated carbocycles. The SMILES string of the molecule is CCC(O)CCNC(C)c1ccc(F)cc1Cl. The fourth-order valence-electron chi connectivity index (χ4n) is 1.63. The normalized spacial score (nSPS) is 14.6. The van der Waals surface area contributed by atoms with Crippen LogP contribution in [0.5, 0.6) is 0 Å². The number of hydrogen-bond acceptors (Lipinski definition) is 2. The van der Waals surface area contributed by atoms with E-state index < -0.39 is 0 Å². The van der Waals surface area contributed by atoms with Crippen LogP contribution in [0.15, 0.2) is 18.2 Å². The molecule has 0 aromatic heterocycles. The highest BCUT2D eigenvalue weighted by Crippen LogP contribution is 2.23. The maximum absolute atomic E-state index is 12.9. The number of halogens is 2. The summed E-state index contributed by atoms with van der Waals surface area (Å²) in [4.78, 5) is 0. The number of benzene rings is 1. The lowest BCUT2D eigenvalue weighted by atomic mass is 10.1. The van der Waals surface area contributed by atoms with Crippen molar-refractivity contribution >= 4 is 11.6 Å². The molecule has 0 amide bonds. The number of rotatable bonds is 6. The molecule has 17 heavy (non-hydrogen) atoms. The molecule has 1 aromatic rings. The third-order valence-electron chi connectivity index (χ3n) is 2.83. The standard InChI is InChI=1S/C13H19ClFNO/c1-3-11(17)6-7-16-9(2)12-5-4-10(15)8-13(12)14/h4-5,8-9,11,16-17H,3,6-7H2,1-2H3. The summed E-state index contributed by atoms with van der Waals surface area (Å²) in [6.07, 6.45) is 1.20. The summed E-state index contributed by atoms with van der Waals surface area (Å²) in [5.41, 5.74) is 0.874. The van der Waals surface area contributed by atoms with E-state index in [1.807, 2.05) is 13.8 Å². The van der Waals surface area contributed by atoms with Crippen molar-refractivity contribution in [2.45, 2.75) is 38.8 Å². The minimum atomic E-state index is -0.327. The van der Waals surface area contributed by atoms with Crippen molar-refractivity contribution < 1.29 is 9.50 Å². The van der Waals surface area contributed by atoms with Gasteiger partial charge in [0.05, 0.1) is 6.10 Å². The molecular formula is C13H19ClFNO. The van der Waals surface area contributed by atoms with Gasteiger partial charge in [-0.25, -0.2) is 4.39 Å². The summed E-state index contributed by atoms with van der Waals surface area (Å²) in [6.45, 7) is 4.63. The van der Waals surface area contributed by atoms with E-state index in [1.165, 1.54) is 12.1 Å². The average Bonchev–Trinajstić information content (AvgIpc) is 2.28. The van der Waals surface area contributed by atoms with Gasteiger partial charge in [0.2, 0.25) is 0 Å². The maximum Gasteiger partial charge on any atom is 0.124 e. The predicted octanol–water partition coefficient (Wildman–Crippen LogP) is 3.29. The van der Waals surface area contributed by atoms with Gasteiger partial charge in [0.25, 0.3) is 0 Å². The Hall–Kier alpha value is -0.640. The summed E-state index contributed by atoms with van der Waals surface area (Å²) >= 11 is 5.96. The van der Waals surface area contributed by atoms with E-state index in [2.05, 4.69) is 5.32 Å². The van der Waals surface area contributed by atoms with Crippen molar-refractivity contribution in [2.24, 2.45) is 0 Å². The van der Waals surface area contributed by atoms with E-state index in [0.717, 1.165) is 12.0 Å². The molecule has 0 aliphatic heterocycles. The zero-order valence-corrected chi connectivity index (χ0v) is 11.0. The second-order valence-electron chi connectivity index (χ2n) is 4.19. The number of aliphatic hydroxyl groups excluding tert-OH is 1. The van der Waals surface area contributed by atoms with Crippen LogP contribution in [0.25, 0.3) is 0 Å². The quantitative estimate of drug-likeness (QED) is 0.822. The number of hydrogen-bond donors (Lipinski definition) is 2. The average molecular weight is 260 g/mol. The van der Waals surface area contributed by atoms with Gasteiger partial charge in [-0.1, -0.05) is 24.6 Å².